The third-order valence-electron chi connectivity index (χ3n) is 3.85. The van der Waals surface area contributed by atoms with Crippen molar-refractivity contribution in [3.05, 3.63) is 23.8 Å². The van der Waals surface area contributed by atoms with Crippen molar-refractivity contribution in [3.63, 3.8) is 0 Å². The Kier molecular flexibility index (Phi) is 5.13. The van der Waals surface area contributed by atoms with Gasteiger partial charge in [0.05, 0.1) is 6.10 Å². The van der Waals surface area contributed by atoms with Crippen LogP contribution in [-0.4, -0.2) is 38.5 Å². The van der Waals surface area contributed by atoms with E-state index in [0.29, 0.717) is 26.1 Å². The molecule has 1 fully saturated rings. The Bertz CT molecular complexity index is 515. The van der Waals surface area contributed by atoms with Crippen molar-refractivity contribution < 1.29 is 19.0 Å². The first-order chi connectivity index (χ1) is 10.8. The van der Waals surface area contributed by atoms with Gasteiger partial charge in [0, 0.05) is 32.7 Å². The van der Waals surface area contributed by atoms with Crippen LogP contribution in [-0.2, 0) is 16.1 Å². The molecule has 1 aromatic carbocycles. The summed E-state index contributed by atoms with van der Waals surface area (Å²) in [6.07, 6.45) is 2.81. The Labute approximate surface area is 130 Å². The molecule has 0 radical (unpaired) electrons. The highest BCUT2D eigenvalue weighted by atomic mass is 16.7. The van der Waals surface area contributed by atoms with Gasteiger partial charge in [0.1, 0.15) is 0 Å². The lowest BCUT2D eigenvalue weighted by Crippen LogP contribution is -2.33. The number of fused-ring (bicyclic) bond motifs is 1. The minimum atomic E-state index is 0.0636. The van der Waals surface area contributed by atoms with Crippen molar-refractivity contribution in [1.29, 1.82) is 0 Å². The van der Waals surface area contributed by atoms with Gasteiger partial charge in [0.25, 0.3) is 0 Å². The van der Waals surface area contributed by atoms with E-state index in [2.05, 4.69) is 10.6 Å². The summed E-state index contributed by atoms with van der Waals surface area (Å²) in [5.41, 5.74) is 1.11. The fourth-order valence-electron chi connectivity index (χ4n) is 2.61. The van der Waals surface area contributed by atoms with Gasteiger partial charge >= 0.3 is 0 Å². The first-order valence-electron chi connectivity index (χ1n) is 7.79. The van der Waals surface area contributed by atoms with Crippen LogP contribution in [0.2, 0.25) is 0 Å². The largest absolute Gasteiger partial charge is 0.454 e. The average Bonchev–Trinajstić information content (AvgIpc) is 3.20. The van der Waals surface area contributed by atoms with Crippen LogP contribution in [0.1, 0.15) is 24.8 Å². The molecular formula is C16H22N2O4. The summed E-state index contributed by atoms with van der Waals surface area (Å²) < 4.78 is 16.1. The normalized spacial score (nSPS) is 19.4. The average molecular weight is 306 g/mol. The van der Waals surface area contributed by atoms with Crippen molar-refractivity contribution in [2.75, 3.05) is 26.5 Å². The van der Waals surface area contributed by atoms with E-state index >= 15 is 0 Å². The summed E-state index contributed by atoms with van der Waals surface area (Å²) >= 11 is 0. The van der Waals surface area contributed by atoms with E-state index < -0.39 is 0 Å². The summed E-state index contributed by atoms with van der Waals surface area (Å²) in [7, 11) is 0. The Hall–Kier alpha value is -1.79. The van der Waals surface area contributed by atoms with Crippen LogP contribution in [0.5, 0.6) is 11.5 Å². The number of carbonyl (C=O) groups is 1. The molecule has 2 aliphatic rings. The predicted molar refractivity (Wildman–Crippen MR) is 80.9 cm³/mol. The molecular weight excluding hydrogens is 284 g/mol. The molecule has 22 heavy (non-hydrogen) atoms. The zero-order valence-electron chi connectivity index (χ0n) is 12.6. The van der Waals surface area contributed by atoms with E-state index in [-0.39, 0.29) is 18.8 Å². The van der Waals surface area contributed by atoms with Crippen LogP contribution in [0.4, 0.5) is 0 Å². The maximum atomic E-state index is 11.7. The zero-order chi connectivity index (χ0) is 15.2. The molecule has 0 aromatic heterocycles. The molecule has 0 spiro atoms. The number of amides is 1. The van der Waals surface area contributed by atoms with Crippen molar-refractivity contribution >= 4 is 5.91 Å². The fourth-order valence-corrected chi connectivity index (χ4v) is 2.61. The molecule has 0 aliphatic carbocycles. The van der Waals surface area contributed by atoms with Crippen molar-refractivity contribution in [2.24, 2.45) is 0 Å². The van der Waals surface area contributed by atoms with Crippen LogP contribution < -0.4 is 20.1 Å². The number of hydrogen-bond acceptors (Lipinski definition) is 5. The fraction of sp³-hybridized carbons (Fsp3) is 0.562. The van der Waals surface area contributed by atoms with Gasteiger partial charge in [-0.15, -0.1) is 0 Å². The highest BCUT2D eigenvalue weighted by Crippen LogP contribution is 2.32. The molecule has 1 amide bonds. The first-order valence-corrected chi connectivity index (χ1v) is 7.79. The van der Waals surface area contributed by atoms with Gasteiger partial charge in [-0.2, -0.15) is 0 Å². The van der Waals surface area contributed by atoms with Gasteiger partial charge < -0.3 is 24.8 Å². The third-order valence-corrected chi connectivity index (χ3v) is 3.85. The second-order valence-electron chi connectivity index (χ2n) is 5.55. The molecule has 6 heteroatoms. The maximum absolute atomic E-state index is 11.7. The van der Waals surface area contributed by atoms with Crippen LogP contribution in [0, 0.1) is 0 Å². The minimum Gasteiger partial charge on any atom is -0.454 e. The highest BCUT2D eigenvalue weighted by Gasteiger charge is 2.16. The van der Waals surface area contributed by atoms with E-state index in [9.17, 15) is 4.79 Å². The molecule has 2 N–H and O–H groups in total. The minimum absolute atomic E-state index is 0.0636. The van der Waals surface area contributed by atoms with Crippen LogP contribution >= 0.6 is 0 Å². The number of nitrogens with one attached hydrogen (secondary N) is 2. The molecule has 1 aromatic rings. The molecule has 2 heterocycles. The number of carbonyl (C=O) groups excluding carboxylic acids is 1. The van der Waals surface area contributed by atoms with Crippen LogP contribution in [0.3, 0.4) is 0 Å². The molecule has 1 unspecified atom stereocenters. The molecule has 3 rings (SSSR count). The molecule has 120 valence electrons. The SMILES string of the molecule is O=C(CCNCc1ccc2c(c1)OCO2)NCC1CCCO1. The topological polar surface area (TPSA) is 68.8 Å². The van der Waals surface area contributed by atoms with Crippen LogP contribution in [0.15, 0.2) is 18.2 Å². The van der Waals surface area contributed by atoms with Crippen molar-refractivity contribution in [2.45, 2.75) is 31.9 Å². The van der Waals surface area contributed by atoms with E-state index in [1.54, 1.807) is 0 Å². The van der Waals surface area contributed by atoms with Gasteiger partial charge in [-0.3, -0.25) is 4.79 Å². The summed E-state index contributed by atoms with van der Waals surface area (Å²) in [5, 5.41) is 6.18. The summed E-state index contributed by atoms with van der Waals surface area (Å²) in [5.74, 6) is 1.64. The number of ether oxygens (including phenoxy) is 3. The first kappa shape index (κ1) is 15.1. The summed E-state index contributed by atoms with van der Waals surface area (Å²) in [6, 6.07) is 5.87. The highest BCUT2D eigenvalue weighted by molar-refractivity contribution is 5.76. The van der Waals surface area contributed by atoms with Crippen LogP contribution in [0.25, 0.3) is 0 Å². The Balaban J connectivity index is 1.30. The second-order valence-corrected chi connectivity index (χ2v) is 5.55. The summed E-state index contributed by atoms with van der Waals surface area (Å²) in [4.78, 5) is 11.7. The Morgan fingerprint density at radius 2 is 2.18 bits per heavy atom. The zero-order valence-corrected chi connectivity index (χ0v) is 12.6. The third kappa shape index (κ3) is 4.11. The molecule has 1 saturated heterocycles. The molecule has 0 bridgehead atoms. The Morgan fingerprint density at radius 3 is 3.05 bits per heavy atom. The van der Waals surface area contributed by atoms with Crippen molar-refractivity contribution in [1.82, 2.24) is 10.6 Å². The smallest absolute Gasteiger partial charge is 0.231 e. The lowest BCUT2D eigenvalue weighted by molar-refractivity contribution is -0.121. The van der Waals surface area contributed by atoms with Gasteiger partial charge in [-0.05, 0) is 30.5 Å². The molecule has 1 atom stereocenters. The lowest BCUT2D eigenvalue weighted by Gasteiger charge is -2.11. The van der Waals surface area contributed by atoms with E-state index in [4.69, 9.17) is 14.2 Å². The monoisotopic (exact) mass is 306 g/mol. The molecule has 6 nitrogen and oxygen atoms in total. The van der Waals surface area contributed by atoms with Gasteiger partial charge in [0.15, 0.2) is 11.5 Å². The van der Waals surface area contributed by atoms with Gasteiger partial charge in [-0.25, -0.2) is 0 Å². The number of rotatable bonds is 7. The number of benzene rings is 1. The van der Waals surface area contributed by atoms with Gasteiger partial charge in [-0.1, -0.05) is 6.07 Å². The second kappa shape index (κ2) is 7.47. The van der Waals surface area contributed by atoms with E-state index in [1.165, 1.54) is 0 Å². The van der Waals surface area contributed by atoms with Gasteiger partial charge in [0.2, 0.25) is 12.7 Å². The molecule has 2 aliphatic heterocycles. The lowest BCUT2D eigenvalue weighted by atomic mass is 10.2. The Morgan fingerprint density at radius 1 is 1.27 bits per heavy atom. The number of hydrogen-bond donors (Lipinski definition) is 2. The molecule has 0 saturated carbocycles. The predicted octanol–water partition coefficient (Wildman–Crippen LogP) is 1.19. The standard InChI is InChI=1S/C16H22N2O4/c19-16(18-10-13-2-1-7-20-13)5-6-17-9-12-3-4-14-15(8-12)22-11-21-14/h3-4,8,13,17H,1-2,5-7,9-11H2,(H,18,19). The maximum Gasteiger partial charge on any atom is 0.231 e. The quantitative estimate of drug-likeness (QED) is 0.741. The van der Waals surface area contributed by atoms with E-state index in [0.717, 1.165) is 36.5 Å². The summed E-state index contributed by atoms with van der Waals surface area (Å²) in [6.45, 7) is 3.08. The van der Waals surface area contributed by atoms with Crippen molar-refractivity contribution in [3.8, 4) is 11.5 Å². The van der Waals surface area contributed by atoms with E-state index in [1.807, 2.05) is 18.2 Å².